The number of aryl methyl sites for hydroxylation is 2. The van der Waals surface area contributed by atoms with Crippen LogP contribution in [0.2, 0.25) is 0 Å². The lowest BCUT2D eigenvalue weighted by Crippen LogP contribution is -2.27. The van der Waals surface area contributed by atoms with Gasteiger partial charge in [-0.15, -0.1) is 0 Å². The summed E-state index contributed by atoms with van der Waals surface area (Å²) in [6.07, 6.45) is 8.59. The molecule has 0 bridgehead atoms. The van der Waals surface area contributed by atoms with E-state index in [4.69, 9.17) is 0 Å². The highest BCUT2D eigenvalue weighted by molar-refractivity contribution is 5.93. The molecule has 7 heteroatoms. The second-order valence-electron chi connectivity index (χ2n) is 5.28. The zero-order chi connectivity index (χ0) is 16.2. The molecular formula is C16H18N6O. The van der Waals surface area contributed by atoms with Gasteiger partial charge in [0.25, 0.3) is 5.91 Å². The smallest absolute Gasteiger partial charge is 0.254 e. The van der Waals surface area contributed by atoms with Crippen molar-refractivity contribution in [1.29, 1.82) is 0 Å². The number of hydrogen-bond donors (Lipinski definition) is 1. The molecule has 0 spiro atoms. The van der Waals surface area contributed by atoms with Crippen LogP contribution in [-0.2, 0) is 13.6 Å². The van der Waals surface area contributed by atoms with Gasteiger partial charge in [-0.25, -0.2) is 4.98 Å². The molecule has 1 N–H and O–H groups in total. The molecule has 3 rings (SSSR count). The summed E-state index contributed by atoms with van der Waals surface area (Å²) >= 11 is 0. The Balaban J connectivity index is 1.67. The molecule has 0 aliphatic rings. The molecule has 7 nitrogen and oxygen atoms in total. The minimum atomic E-state index is -0.126. The highest BCUT2D eigenvalue weighted by Gasteiger charge is 2.11. The highest BCUT2D eigenvalue weighted by atomic mass is 16.1. The number of imidazole rings is 1. The van der Waals surface area contributed by atoms with Gasteiger partial charge in [0, 0.05) is 56.2 Å². The van der Waals surface area contributed by atoms with Crippen molar-refractivity contribution >= 4 is 5.91 Å². The number of nitrogens with one attached hydrogen (secondary N) is 1. The average molecular weight is 310 g/mol. The van der Waals surface area contributed by atoms with E-state index >= 15 is 0 Å². The topological polar surface area (TPSA) is 77.6 Å². The molecular weight excluding hydrogens is 292 g/mol. The number of hydrogen-bond acceptors (Lipinski definition) is 4. The highest BCUT2D eigenvalue weighted by Crippen LogP contribution is 2.17. The van der Waals surface area contributed by atoms with Crippen LogP contribution in [0.25, 0.3) is 11.4 Å². The summed E-state index contributed by atoms with van der Waals surface area (Å²) in [4.78, 5) is 20.6. The quantitative estimate of drug-likeness (QED) is 0.773. The molecule has 23 heavy (non-hydrogen) atoms. The Morgan fingerprint density at radius 2 is 2.17 bits per heavy atom. The van der Waals surface area contributed by atoms with E-state index < -0.39 is 0 Å². The van der Waals surface area contributed by atoms with Crippen LogP contribution >= 0.6 is 0 Å². The predicted octanol–water partition coefficient (Wildman–Crippen LogP) is 1.42. The van der Waals surface area contributed by atoms with E-state index in [9.17, 15) is 4.79 Å². The van der Waals surface area contributed by atoms with Gasteiger partial charge in [-0.1, -0.05) is 0 Å². The van der Waals surface area contributed by atoms with Crippen molar-refractivity contribution in [3.8, 4) is 11.4 Å². The van der Waals surface area contributed by atoms with E-state index in [1.165, 1.54) is 0 Å². The number of pyridine rings is 1. The van der Waals surface area contributed by atoms with Crippen molar-refractivity contribution in [1.82, 2.24) is 29.6 Å². The molecule has 118 valence electrons. The van der Waals surface area contributed by atoms with Crippen molar-refractivity contribution < 1.29 is 4.79 Å². The van der Waals surface area contributed by atoms with Gasteiger partial charge < -0.3 is 9.88 Å². The summed E-state index contributed by atoms with van der Waals surface area (Å²) in [5.41, 5.74) is 2.56. The van der Waals surface area contributed by atoms with Crippen molar-refractivity contribution in [3.63, 3.8) is 0 Å². The summed E-state index contributed by atoms with van der Waals surface area (Å²) in [5, 5.41) is 6.90. The van der Waals surface area contributed by atoms with Crippen LogP contribution in [0.3, 0.4) is 0 Å². The van der Waals surface area contributed by atoms with E-state index in [2.05, 4.69) is 25.0 Å². The Morgan fingerprint density at radius 1 is 1.30 bits per heavy atom. The lowest BCUT2D eigenvalue weighted by molar-refractivity contribution is 0.0952. The minimum absolute atomic E-state index is 0.126. The third kappa shape index (κ3) is 3.28. The van der Waals surface area contributed by atoms with Gasteiger partial charge in [0.1, 0.15) is 5.82 Å². The van der Waals surface area contributed by atoms with Gasteiger partial charge in [0.05, 0.1) is 11.8 Å². The van der Waals surface area contributed by atoms with Crippen molar-refractivity contribution in [2.45, 2.75) is 13.5 Å². The molecule has 0 saturated carbocycles. The SMILES string of the molecule is Cc1cnc(-c2cccnc2)n1CCNC(=O)c1cnn(C)c1. The summed E-state index contributed by atoms with van der Waals surface area (Å²) in [7, 11) is 1.78. The Bertz CT molecular complexity index is 805. The molecule has 0 aromatic carbocycles. The zero-order valence-electron chi connectivity index (χ0n) is 13.1. The van der Waals surface area contributed by atoms with Crippen LogP contribution in [-0.4, -0.2) is 36.8 Å². The van der Waals surface area contributed by atoms with Crippen molar-refractivity contribution in [2.24, 2.45) is 7.05 Å². The zero-order valence-corrected chi connectivity index (χ0v) is 13.1. The molecule has 0 unspecified atom stereocenters. The normalized spacial score (nSPS) is 10.7. The second-order valence-corrected chi connectivity index (χ2v) is 5.28. The molecule has 0 fully saturated rings. The molecule has 0 aliphatic carbocycles. The standard InChI is InChI=1S/C16H18N6O/c1-12-8-19-15(13-4-3-5-17-9-13)22(12)7-6-18-16(23)14-10-20-21(2)11-14/h3-5,8-11H,6-7H2,1-2H3,(H,18,23). The number of nitrogens with zero attached hydrogens (tertiary/aromatic N) is 5. The lowest BCUT2D eigenvalue weighted by Gasteiger charge is -2.10. The maximum absolute atomic E-state index is 12.0. The van der Waals surface area contributed by atoms with Crippen LogP contribution in [0.15, 0.2) is 43.1 Å². The molecule has 3 aromatic heterocycles. The first kappa shape index (κ1) is 15.0. The van der Waals surface area contributed by atoms with Crippen LogP contribution in [0.1, 0.15) is 16.1 Å². The van der Waals surface area contributed by atoms with Gasteiger partial charge in [0.15, 0.2) is 0 Å². The van der Waals surface area contributed by atoms with E-state index in [0.29, 0.717) is 18.7 Å². The second kappa shape index (κ2) is 6.43. The molecule has 3 heterocycles. The van der Waals surface area contributed by atoms with Crippen LogP contribution in [0, 0.1) is 6.92 Å². The van der Waals surface area contributed by atoms with E-state index in [1.807, 2.05) is 25.3 Å². The van der Waals surface area contributed by atoms with E-state index in [1.54, 1.807) is 36.5 Å². The van der Waals surface area contributed by atoms with Crippen molar-refractivity contribution in [2.75, 3.05) is 6.54 Å². The molecule has 0 atom stereocenters. The van der Waals surface area contributed by atoms with Crippen molar-refractivity contribution in [3.05, 3.63) is 54.4 Å². The number of aromatic nitrogens is 5. The maximum atomic E-state index is 12.0. The third-order valence-corrected chi connectivity index (χ3v) is 3.56. The molecule has 0 saturated heterocycles. The fraction of sp³-hybridized carbons (Fsp3) is 0.250. The number of amides is 1. The minimum Gasteiger partial charge on any atom is -0.350 e. The number of rotatable bonds is 5. The predicted molar refractivity (Wildman–Crippen MR) is 85.7 cm³/mol. The van der Waals surface area contributed by atoms with Gasteiger partial charge in [0.2, 0.25) is 0 Å². The van der Waals surface area contributed by atoms with Crippen LogP contribution < -0.4 is 5.32 Å². The Hall–Kier alpha value is -2.96. The Kier molecular flexibility index (Phi) is 4.18. The first-order chi connectivity index (χ1) is 11.1. The summed E-state index contributed by atoms with van der Waals surface area (Å²) in [6, 6.07) is 3.85. The molecule has 1 amide bonds. The summed E-state index contributed by atoms with van der Waals surface area (Å²) in [6.45, 7) is 3.15. The first-order valence-electron chi connectivity index (χ1n) is 7.34. The van der Waals surface area contributed by atoms with E-state index in [-0.39, 0.29) is 5.91 Å². The van der Waals surface area contributed by atoms with Crippen LogP contribution in [0.5, 0.6) is 0 Å². The third-order valence-electron chi connectivity index (χ3n) is 3.56. The van der Waals surface area contributed by atoms with Gasteiger partial charge in [-0.3, -0.25) is 14.5 Å². The largest absolute Gasteiger partial charge is 0.350 e. The Morgan fingerprint density at radius 3 is 2.87 bits per heavy atom. The number of carbonyl (C=O) groups is 1. The molecule has 0 radical (unpaired) electrons. The molecule has 0 aliphatic heterocycles. The van der Waals surface area contributed by atoms with Gasteiger partial charge in [-0.2, -0.15) is 5.10 Å². The van der Waals surface area contributed by atoms with Crippen LogP contribution in [0.4, 0.5) is 0 Å². The Labute approximate surface area is 134 Å². The monoisotopic (exact) mass is 310 g/mol. The summed E-state index contributed by atoms with van der Waals surface area (Å²) in [5.74, 6) is 0.727. The summed E-state index contributed by atoms with van der Waals surface area (Å²) < 4.78 is 3.68. The van der Waals surface area contributed by atoms with Gasteiger partial charge >= 0.3 is 0 Å². The fourth-order valence-corrected chi connectivity index (χ4v) is 2.39. The number of carbonyl (C=O) groups excluding carboxylic acids is 1. The maximum Gasteiger partial charge on any atom is 0.254 e. The van der Waals surface area contributed by atoms with E-state index in [0.717, 1.165) is 17.1 Å². The first-order valence-corrected chi connectivity index (χ1v) is 7.34. The van der Waals surface area contributed by atoms with Gasteiger partial charge in [-0.05, 0) is 19.1 Å². The average Bonchev–Trinajstić information content (AvgIpc) is 3.15. The fourth-order valence-electron chi connectivity index (χ4n) is 2.39. The molecule has 3 aromatic rings. The lowest BCUT2D eigenvalue weighted by atomic mass is 10.2.